The molecule has 0 spiro atoms. The van der Waals surface area contributed by atoms with Gasteiger partial charge >= 0.3 is 0 Å². The lowest BCUT2D eigenvalue weighted by molar-refractivity contribution is -0.129. The standard InChI is InChI=1S/C16H22FN3O2/c1-11-8-14(12(16(18)22)9-13(11)17)19-10-15(21)20-6-4-2-3-5-7-20/h8-9,19H,2-7,10H2,1H3,(H2,18,22). The summed E-state index contributed by atoms with van der Waals surface area (Å²) in [6, 6.07) is 2.61. The SMILES string of the molecule is Cc1cc(NCC(=O)N2CCCCCC2)c(C(N)=O)cc1F. The third-order valence-corrected chi connectivity index (χ3v) is 3.95. The van der Waals surface area contributed by atoms with E-state index in [1.54, 1.807) is 6.92 Å². The van der Waals surface area contributed by atoms with Crippen LogP contribution in [0, 0.1) is 12.7 Å². The van der Waals surface area contributed by atoms with E-state index in [2.05, 4.69) is 5.32 Å². The first kappa shape index (κ1) is 16.3. The number of likely N-dealkylation sites (tertiary alicyclic amines) is 1. The van der Waals surface area contributed by atoms with Gasteiger partial charge in [0.15, 0.2) is 0 Å². The second kappa shape index (κ2) is 7.24. The summed E-state index contributed by atoms with van der Waals surface area (Å²) < 4.78 is 13.5. The summed E-state index contributed by atoms with van der Waals surface area (Å²) in [6.45, 7) is 3.21. The van der Waals surface area contributed by atoms with Gasteiger partial charge in [0.05, 0.1) is 12.1 Å². The van der Waals surface area contributed by atoms with Crippen LogP contribution in [0.5, 0.6) is 0 Å². The Morgan fingerprint density at radius 3 is 2.45 bits per heavy atom. The molecule has 2 rings (SSSR count). The highest BCUT2D eigenvalue weighted by molar-refractivity contribution is 5.99. The summed E-state index contributed by atoms with van der Waals surface area (Å²) in [5.41, 5.74) is 6.12. The Morgan fingerprint density at radius 1 is 1.23 bits per heavy atom. The number of anilines is 1. The Morgan fingerprint density at radius 2 is 1.86 bits per heavy atom. The highest BCUT2D eigenvalue weighted by atomic mass is 19.1. The number of amides is 2. The Labute approximate surface area is 129 Å². The number of carbonyl (C=O) groups is 2. The molecule has 1 heterocycles. The summed E-state index contributed by atoms with van der Waals surface area (Å²) in [5.74, 6) is -1.22. The molecular formula is C16H22FN3O2. The minimum absolute atomic E-state index is 0.0145. The van der Waals surface area contributed by atoms with Crippen molar-refractivity contribution in [2.45, 2.75) is 32.6 Å². The van der Waals surface area contributed by atoms with E-state index in [4.69, 9.17) is 5.73 Å². The summed E-state index contributed by atoms with van der Waals surface area (Å²) in [7, 11) is 0. The van der Waals surface area contributed by atoms with E-state index in [9.17, 15) is 14.0 Å². The average Bonchev–Trinajstić information content (AvgIpc) is 2.76. The van der Waals surface area contributed by atoms with Crippen LogP contribution in [0.25, 0.3) is 0 Å². The van der Waals surface area contributed by atoms with E-state index in [-0.39, 0.29) is 18.0 Å². The maximum Gasteiger partial charge on any atom is 0.250 e. The second-order valence-corrected chi connectivity index (χ2v) is 5.66. The van der Waals surface area contributed by atoms with Gasteiger partial charge in [-0.1, -0.05) is 12.8 Å². The molecule has 1 saturated heterocycles. The summed E-state index contributed by atoms with van der Waals surface area (Å²) in [6.07, 6.45) is 4.35. The fourth-order valence-electron chi connectivity index (χ4n) is 2.63. The molecule has 22 heavy (non-hydrogen) atoms. The van der Waals surface area contributed by atoms with E-state index in [1.165, 1.54) is 6.07 Å². The number of primary amides is 1. The van der Waals surface area contributed by atoms with E-state index in [0.717, 1.165) is 44.8 Å². The van der Waals surface area contributed by atoms with Crippen LogP contribution in [0.4, 0.5) is 10.1 Å². The molecule has 1 aliphatic rings. The molecule has 2 amide bonds. The molecule has 3 N–H and O–H groups in total. The summed E-state index contributed by atoms with van der Waals surface area (Å²) >= 11 is 0. The monoisotopic (exact) mass is 307 g/mol. The first-order valence-corrected chi connectivity index (χ1v) is 7.60. The predicted octanol–water partition coefficient (Wildman–Crippen LogP) is 2.05. The van der Waals surface area contributed by atoms with Gasteiger partial charge in [-0.25, -0.2) is 4.39 Å². The third kappa shape index (κ3) is 3.96. The molecule has 120 valence electrons. The smallest absolute Gasteiger partial charge is 0.250 e. The molecule has 0 unspecified atom stereocenters. The number of hydrogen-bond donors (Lipinski definition) is 2. The molecule has 1 fully saturated rings. The summed E-state index contributed by atoms with van der Waals surface area (Å²) in [5, 5.41) is 2.92. The van der Waals surface area contributed by atoms with Crippen molar-refractivity contribution in [3.05, 3.63) is 29.1 Å². The molecule has 0 aliphatic carbocycles. The lowest BCUT2D eigenvalue weighted by atomic mass is 10.1. The van der Waals surface area contributed by atoms with Crippen molar-refractivity contribution in [2.75, 3.05) is 25.0 Å². The zero-order chi connectivity index (χ0) is 16.1. The van der Waals surface area contributed by atoms with Gasteiger partial charge in [0, 0.05) is 18.8 Å². The zero-order valence-corrected chi connectivity index (χ0v) is 12.8. The molecule has 0 aromatic heterocycles. The van der Waals surface area contributed by atoms with Crippen LogP contribution in [0.2, 0.25) is 0 Å². The Kier molecular flexibility index (Phi) is 5.35. The number of rotatable bonds is 4. The molecule has 1 aliphatic heterocycles. The maximum absolute atomic E-state index is 13.5. The van der Waals surface area contributed by atoms with Crippen molar-refractivity contribution >= 4 is 17.5 Å². The number of nitrogens with two attached hydrogens (primary N) is 1. The minimum Gasteiger partial charge on any atom is -0.375 e. The predicted molar refractivity (Wildman–Crippen MR) is 83.2 cm³/mol. The van der Waals surface area contributed by atoms with Crippen LogP contribution in [0.15, 0.2) is 12.1 Å². The first-order chi connectivity index (χ1) is 10.5. The van der Waals surface area contributed by atoms with Crippen LogP contribution >= 0.6 is 0 Å². The van der Waals surface area contributed by atoms with Crippen molar-refractivity contribution < 1.29 is 14.0 Å². The van der Waals surface area contributed by atoms with Crippen LogP contribution in [0.3, 0.4) is 0 Å². The molecular weight excluding hydrogens is 285 g/mol. The summed E-state index contributed by atoms with van der Waals surface area (Å²) in [4.78, 5) is 25.5. The van der Waals surface area contributed by atoms with Gasteiger partial charge in [-0.3, -0.25) is 9.59 Å². The van der Waals surface area contributed by atoms with Crippen molar-refractivity contribution in [1.82, 2.24) is 4.90 Å². The van der Waals surface area contributed by atoms with Crippen LogP contribution in [0.1, 0.15) is 41.6 Å². The highest BCUT2D eigenvalue weighted by Gasteiger charge is 2.17. The molecule has 5 nitrogen and oxygen atoms in total. The Balaban J connectivity index is 2.05. The van der Waals surface area contributed by atoms with Gasteiger partial charge in [0.2, 0.25) is 5.91 Å². The number of nitrogens with zero attached hydrogens (tertiary/aromatic N) is 1. The van der Waals surface area contributed by atoms with E-state index >= 15 is 0 Å². The minimum atomic E-state index is -0.719. The number of hydrogen-bond acceptors (Lipinski definition) is 3. The van der Waals surface area contributed by atoms with Gasteiger partial charge in [-0.05, 0) is 37.5 Å². The average molecular weight is 307 g/mol. The molecule has 0 saturated carbocycles. The first-order valence-electron chi connectivity index (χ1n) is 7.60. The number of aryl methyl sites for hydroxylation is 1. The number of benzene rings is 1. The fourth-order valence-corrected chi connectivity index (χ4v) is 2.63. The molecule has 1 aromatic carbocycles. The lowest BCUT2D eigenvalue weighted by Crippen LogP contribution is -2.36. The number of nitrogens with one attached hydrogen (secondary N) is 1. The maximum atomic E-state index is 13.5. The third-order valence-electron chi connectivity index (χ3n) is 3.95. The topological polar surface area (TPSA) is 75.4 Å². The largest absolute Gasteiger partial charge is 0.375 e. The number of halogens is 1. The fraction of sp³-hybridized carbons (Fsp3) is 0.500. The van der Waals surface area contributed by atoms with Crippen molar-refractivity contribution in [3.63, 3.8) is 0 Å². The van der Waals surface area contributed by atoms with Crippen LogP contribution in [-0.4, -0.2) is 36.3 Å². The number of carbonyl (C=O) groups excluding carboxylic acids is 2. The molecule has 0 radical (unpaired) electrons. The Hall–Kier alpha value is -2.11. The van der Waals surface area contributed by atoms with Crippen LogP contribution < -0.4 is 11.1 Å². The Bertz CT molecular complexity index is 567. The van der Waals surface area contributed by atoms with Gasteiger partial charge in [0.1, 0.15) is 5.82 Å². The van der Waals surface area contributed by atoms with Crippen LogP contribution in [-0.2, 0) is 4.79 Å². The van der Waals surface area contributed by atoms with Crippen molar-refractivity contribution in [1.29, 1.82) is 0 Å². The second-order valence-electron chi connectivity index (χ2n) is 5.66. The van der Waals surface area contributed by atoms with Gasteiger partial charge < -0.3 is 16.0 Å². The highest BCUT2D eigenvalue weighted by Crippen LogP contribution is 2.20. The van der Waals surface area contributed by atoms with E-state index in [0.29, 0.717) is 11.3 Å². The van der Waals surface area contributed by atoms with Gasteiger partial charge in [-0.15, -0.1) is 0 Å². The lowest BCUT2D eigenvalue weighted by Gasteiger charge is -2.21. The normalized spacial score (nSPS) is 15.3. The van der Waals surface area contributed by atoms with Crippen molar-refractivity contribution in [2.24, 2.45) is 5.73 Å². The zero-order valence-electron chi connectivity index (χ0n) is 12.8. The molecule has 6 heteroatoms. The van der Waals surface area contributed by atoms with Gasteiger partial charge in [0.25, 0.3) is 5.91 Å². The van der Waals surface area contributed by atoms with E-state index < -0.39 is 11.7 Å². The molecule has 1 aromatic rings. The van der Waals surface area contributed by atoms with Crippen molar-refractivity contribution in [3.8, 4) is 0 Å². The molecule has 0 atom stereocenters. The quantitative estimate of drug-likeness (QED) is 0.894. The molecule has 0 bridgehead atoms. The van der Waals surface area contributed by atoms with E-state index in [1.807, 2.05) is 4.90 Å². The van der Waals surface area contributed by atoms with Gasteiger partial charge in [-0.2, -0.15) is 0 Å².